The Hall–Kier alpha value is -6.20. The van der Waals surface area contributed by atoms with Crippen LogP contribution in [0.1, 0.15) is 19.4 Å². The van der Waals surface area contributed by atoms with Crippen LogP contribution >= 0.6 is 0 Å². The number of hydrogen-bond donors (Lipinski definition) is 0. The molecule has 10 rings (SSSR count). The summed E-state index contributed by atoms with van der Waals surface area (Å²) in [6.07, 6.45) is 0. The van der Waals surface area contributed by atoms with Gasteiger partial charge in [-0.1, -0.05) is 91.0 Å². The van der Waals surface area contributed by atoms with E-state index in [0.717, 1.165) is 22.7 Å². The van der Waals surface area contributed by atoms with Gasteiger partial charge in [-0.25, -0.2) is 0 Å². The second-order valence-electron chi connectivity index (χ2n) is 14.3. The average molecular weight is 657 g/mol. The highest BCUT2D eigenvalue weighted by atomic mass is 15.5. The number of aryl methyl sites for hydroxylation is 1. The molecule has 0 radical (unpaired) electrons. The Morgan fingerprint density at radius 1 is 0.471 bits per heavy atom. The SMILES string of the molecule is Cc1cc2c3c(c1)N1c4c(cccc4N(c4ccccc4)C1(C)C)B3c1ccc(N(c3ccccc3)c3ccccc3)cc1N2c1ccccc1. The third kappa shape index (κ3) is 4.34. The third-order valence-electron chi connectivity index (χ3n) is 10.8. The van der Waals surface area contributed by atoms with Gasteiger partial charge in [0.05, 0.1) is 11.4 Å². The van der Waals surface area contributed by atoms with Crippen LogP contribution in [0.3, 0.4) is 0 Å². The quantitative estimate of drug-likeness (QED) is 0.171. The molecule has 5 heteroatoms. The smallest absolute Gasteiger partial charge is 0.252 e. The molecule has 0 unspecified atom stereocenters. The molecule has 0 bridgehead atoms. The zero-order chi connectivity index (χ0) is 34.3. The van der Waals surface area contributed by atoms with Crippen molar-refractivity contribution < 1.29 is 0 Å². The molecule has 0 N–H and O–H groups in total. The van der Waals surface area contributed by atoms with E-state index in [4.69, 9.17) is 0 Å². The molecule has 0 atom stereocenters. The van der Waals surface area contributed by atoms with Gasteiger partial charge >= 0.3 is 0 Å². The van der Waals surface area contributed by atoms with Gasteiger partial charge in [0, 0.05) is 45.5 Å². The first-order chi connectivity index (χ1) is 25.0. The monoisotopic (exact) mass is 656 g/mol. The number of anilines is 10. The van der Waals surface area contributed by atoms with E-state index in [1.807, 2.05) is 0 Å². The largest absolute Gasteiger partial charge is 0.317 e. The number of fused-ring (bicyclic) bond motifs is 4. The Morgan fingerprint density at radius 3 is 1.71 bits per heavy atom. The van der Waals surface area contributed by atoms with E-state index >= 15 is 0 Å². The fourth-order valence-electron chi connectivity index (χ4n) is 8.92. The Morgan fingerprint density at radius 2 is 1.06 bits per heavy atom. The summed E-state index contributed by atoms with van der Waals surface area (Å²) in [5.41, 5.74) is 16.9. The lowest BCUT2D eigenvalue weighted by molar-refractivity contribution is 0.541. The van der Waals surface area contributed by atoms with Gasteiger partial charge in [0.25, 0.3) is 6.71 Å². The van der Waals surface area contributed by atoms with Gasteiger partial charge in [0.15, 0.2) is 0 Å². The second-order valence-corrected chi connectivity index (χ2v) is 14.3. The molecule has 0 amide bonds. The van der Waals surface area contributed by atoms with Crippen molar-refractivity contribution in [1.82, 2.24) is 0 Å². The molecular formula is C46H37BN4. The summed E-state index contributed by atoms with van der Waals surface area (Å²) in [5, 5.41) is 0. The lowest BCUT2D eigenvalue weighted by atomic mass is 9.33. The molecule has 7 aromatic carbocycles. The van der Waals surface area contributed by atoms with Crippen LogP contribution < -0.4 is 36.0 Å². The summed E-state index contributed by atoms with van der Waals surface area (Å²) < 4.78 is 0. The molecule has 0 saturated heterocycles. The van der Waals surface area contributed by atoms with E-state index in [9.17, 15) is 0 Å². The Balaban J connectivity index is 1.26. The average Bonchev–Trinajstić information content (AvgIpc) is 3.41. The van der Waals surface area contributed by atoms with Crippen molar-refractivity contribution in [3.8, 4) is 0 Å². The van der Waals surface area contributed by atoms with Crippen molar-refractivity contribution in [3.63, 3.8) is 0 Å². The van der Waals surface area contributed by atoms with Crippen LogP contribution in [0.2, 0.25) is 0 Å². The van der Waals surface area contributed by atoms with Crippen LogP contribution in [0.25, 0.3) is 0 Å². The van der Waals surface area contributed by atoms with Gasteiger partial charge in [0.1, 0.15) is 5.66 Å². The van der Waals surface area contributed by atoms with E-state index < -0.39 is 0 Å². The van der Waals surface area contributed by atoms with E-state index in [-0.39, 0.29) is 12.4 Å². The topological polar surface area (TPSA) is 13.0 Å². The van der Waals surface area contributed by atoms with Crippen molar-refractivity contribution in [2.45, 2.75) is 26.4 Å². The highest BCUT2D eigenvalue weighted by Crippen LogP contribution is 2.55. The van der Waals surface area contributed by atoms with Gasteiger partial charge in [0.2, 0.25) is 0 Å². The zero-order valence-electron chi connectivity index (χ0n) is 29.0. The summed E-state index contributed by atoms with van der Waals surface area (Å²) >= 11 is 0. The maximum absolute atomic E-state index is 2.61. The summed E-state index contributed by atoms with van der Waals surface area (Å²) in [6, 6.07) is 62.0. The Labute approximate surface area is 300 Å². The highest BCUT2D eigenvalue weighted by Gasteiger charge is 2.52. The number of benzene rings is 7. The van der Waals surface area contributed by atoms with Crippen molar-refractivity contribution in [2.75, 3.05) is 19.6 Å². The van der Waals surface area contributed by atoms with E-state index in [1.54, 1.807) is 0 Å². The summed E-state index contributed by atoms with van der Waals surface area (Å²) in [6.45, 7) is 7.03. The van der Waals surface area contributed by atoms with Gasteiger partial charge in [-0.2, -0.15) is 0 Å². The van der Waals surface area contributed by atoms with Crippen molar-refractivity contribution in [1.29, 1.82) is 0 Å². The first kappa shape index (κ1) is 29.7. The molecule has 0 saturated carbocycles. The highest BCUT2D eigenvalue weighted by molar-refractivity contribution is 7.00. The molecule has 0 aliphatic carbocycles. The first-order valence-corrected chi connectivity index (χ1v) is 17.8. The van der Waals surface area contributed by atoms with E-state index in [0.29, 0.717) is 0 Å². The molecule has 0 spiro atoms. The summed E-state index contributed by atoms with van der Waals surface area (Å²) in [7, 11) is 0. The lowest BCUT2D eigenvalue weighted by Gasteiger charge is -2.47. The lowest BCUT2D eigenvalue weighted by Crippen LogP contribution is -2.63. The van der Waals surface area contributed by atoms with E-state index in [1.165, 1.54) is 56.1 Å². The number of para-hydroxylation sites is 5. The van der Waals surface area contributed by atoms with Gasteiger partial charge in [-0.15, -0.1) is 0 Å². The predicted molar refractivity (Wildman–Crippen MR) is 216 cm³/mol. The van der Waals surface area contributed by atoms with Crippen LogP contribution in [0.4, 0.5) is 56.9 Å². The molecule has 0 fully saturated rings. The van der Waals surface area contributed by atoms with Gasteiger partial charge < -0.3 is 19.6 Å². The van der Waals surface area contributed by atoms with Crippen LogP contribution in [0.15, 0.2) is 170 Å². The molecule has 4 nitrogen and oxygen atoms in total. The molecule has 0 aromatic heterocycles. The summed E-state index contributed by atoms with van der Waals surface area (Å²) in [5.74, 6) is 0. The van der Waals surface area contributed by atoms with Crippen molar-refractivity contribution in [2.24, 2.45) is 0 Å². The number of rotatable bonds is 5. The second kappa shape index (κ2) is 11.2. The molecule has 3 aliphatic rings. The maximum Gasteiger partial charge on any atom is 0.252 e. The molecular weight excluding hydrogens is 619 g/mol. The molecule has 244 valence electrons. The first-order valence-electron chi connectivity index (χ1n) is 17.8. The normalized spacial score (nSPS) is 14.6. The van der Waals surface area contributed by atoms with Crippen molar-refractivity contribution >= 4 is 80.0 Å². The molecule has 3 heterocycles. The van der Waals surface area contributed by atoms with Crippen LogP contribution in [-0.2, 0) is 0 Å². The van der Waals surface area contributed by atoms with Crippen LogP contribution in [0.5, 0.6) is 0 Å². The molecule has 3 aliphatic heterocycles. The standard InChI is InChI=1S/C46H37BN4/c1-32-29-42-44-43(30-32)51-45-39(25-16-26-40(45)50(46(51,2)3)36-23-14-7-15-24-36)47(44)38-28-27-37(31-41(38)49(42)35-21-12-6-13-22-35)48(33-17-8-4-9-18-33)34-19-10-5-11-20-34/h4-31H,1-3H3. The minimum Gasteiger partial charge on any atom is -0.317 e. The Bertz CT molecular complexity index is 2390. The summed E-state index contributed by atoms with van der Waals surface area (Å²) in [4.78, 5) is 10.0. The van der Waals surface area contributed by atoms with Crippen molar-refractivity contribution in [3.05, 3.63) is 175 Å². The maximum atomic E-state index is 2.61. The van der Waals surface area contributed by atoms with Crippen LogP contribution in [-0.4, -0.2) is 12.4 Å². The minimum absolute atomic E-state index is 0.0687. The number of hydrogen-bond acceptors (Lipinski definition) is 4. The third-order valence-corrected chi connectivity index (χ3v) is 10.8. The fourth-order valence-corrected chi connectivity index (χ4v) is 8.92. The minimum atomic E-state index is -0.347. The Kier molecular flexibility index (Phi) is 6.50. The number of nitrogens with zero attached hydrogens (tertiary/aromatic N) is 4. The van der Waals surface area contributed by atoms with Gasteiger partial charge in [-0.3, -0.25) is 0 Å². The predicted octanol–water partition coefficient (Wildman–Crippen LogP) is 10.1. The zero-order valence-corrected chi connectivity index (χ0v) is 29.0. The fraction of sp³-hybridized carbons (Fsp3) is 0.0870. The van der Waals surface area contributed by atoms with E-state index in [2.05, 4.69) is 210 Å². The molecule has 51 heavy (non-hydrogen) atoms. The van der Waals surface area contributed by atoms with Gasteiger partial charge in [-0.05, 0) is 122 Å². The van der Waals surface area contributed by atoms with Crippen LogP contribution in [0, 0.1) is 6.92 Å². The molecule has 7 aromatic rings.